The molecule has 1 atom stereocenters. The topological polar surface area (TPSA) is 25.2 Å². The molecular weight excluding hydrogens is 302 g/mol. The predicted octanol–water partition coefficient (Wildman–Crippen LogP) is 4.46. The molecule has 0 aliphatic rings. The summed E-state index contributed by atoms with van der Waals surface area (Å²) in [5.74, 6) is 1.06. The normalized spacial score (nSPS) is 12.6. The smallest absolute Gasteiger partial charge is 0.103 e. The van der Waals surface area contributed by atoms with Crippen molar-refractivity contribution in [2.75, 3.05) is 0 Å². The van der Waals surface area contributed by atoms with Crippen molar-refractivity contribution in [3.8, 4) is 0 Å². The SMILES string of the molecule is Cc1cc(CNC(C)CCc2ccco2)ccc1Br. The van der Waals surface area contributed by atoms with Crippen LogP contribution in [0, 0.1) is 6.92 Å². The van der Waals surface area contributed by atoms with Gasteiger partial charge < -0.3 is 9.73 Å². The number of aryl methyl sites for hydroxylation is 2. The second kappa shape index (κ2) is 6.92. The van der Waals surface area contributed by atoms with Gasteiger partial charge in [0.25, 0.3) is 0 Å². The molecule has 1 unspecified atom stereocenters. The predicted molar refractivity (Wildman–Crippen MR) is 82.2 cm³/mol. The van der Waals surface area contributed by atoms with E-state index in [0.29, 0.717) is 6.04 Å². The average Bonchev–Trinajstić information content (AvgIpc) is 2.91. The Hall–Kier alpha value is -1.06. The molecule has 2 nitrogen and oxygen atoms in total. The fourth-order valence-corrected chi connectivity index (χ4v) is 2.27. The summed E-state index contributed by atoms with van der Waals surface area (Å²) in [6, 6.07) is 10.9. The summed E-state index contributed by atoms with van der Waals surface area (Å²) in [5, 5.41) is 3.55. The lowest BCUT2D eigenvalue weighted by molar-refractivity contribution is 0.460. The van der Waals surface area contributed by atoms with E-state index in [4.69, 9.17) is 4.42 Å². The van der Waals surface area contributed by atoms with Crippen LogP contribution in [0.4, 0.5) is 0 Å². The quantitative estimate of drug-likeness (QED) is 0.849. The van der Waals surface area contributed by atoms with E-state index in [1.54, 1.807) is 6.26 Å². The first-order chi connectivity index (χ1) is 9.15. The minimum atomic E-state index is 0.481. The van der Waals surface area contributed by atoms with Gasteiger partial charge in [-0.3, -0.25) is 0 Å². The van der Waals surface area contributed by atoms with Crippen molar-refractivity contribution >= 4 is 15.9 Å². The van der Waals surface area contributed by atoms with Gasteiger partial charge in [0.2, 0.25) is 0 Å². The molecule has 1 heterocycles. The van der Waals surface area contributed by atoms with Crippen LogP contribution in [0.5, 0.6) is 0 Å². The molecule has 0 aliphatic carbocycles. The van der Waals surface area contributed by atoms with E-state index < -0.39 is 0 Å². The van der Waals surface area contributed by atoms with E-state index >= 15 is 0 Å². The van der Waals surface area contributed by atoms with E-state index in [0.717, 1.165) is 25.1 Å². The lowest BCUT2D eigenvalue weighted by Gasteiger charge is -2.13. The summed E-state index contributed by atoms with van der Waals surface area (Å²) < 4.78 is 6.51. The van der Waals surface area contributed by atoms with Gasteiger partial charge in [0.05, 0.1) is 6.26 Å². The number of halogens is 1. The first-order valence-electron chi connectivity index (χ1n) is 6.66. The van der Waals surface area contributed by atoms with Crippen molar-refractivity contribution in [1.29, 1.82) is 0 Å². The first kappa shape index (κ1) is 14.4. The van der Waals surface area contributed by atoms with Gasteiger partial charge in [0.15, 0.2) is 0 Å². The van der Waals surface area contributed by atoms with Crippen molar-refractivity contribution < 1.29 is 4.42 Å². The molecule has 3 heteroatoms. The Labute approximate surface area is 123 Å². The maximum absolute atomic E-state index is 5.34. The maximum atomic E-state index is 5.34. The van der Waals surface area contributed by atoms with Gasteiger partial charge in [-0.25, -0.2) is 0 Å². The van der Waals surface area contributed by atoms with Crippen LogP contribution >= 0.6 is 15.9 Å². The fourth-order valence-electron chi connectivity index (χ4n) is 2.02. The summed E-state index contributed by atoms with van der Waals surface area (Å²) in [4.78, 5) is 0. The number of hydrogen-bond acceptors (Lipinski definition) is 2. The van der Waals surface area contributed by atoms with Crippen LogP contribution in [0.25, 0.3) is 0 Å². The second-order valence-electron chi connectivity index (χ2n) is 4.98. The van der Waals surface area contributed by atoms with E-state index in [1.807, 2.05) is 12.1 Å². The average molecular weight is 322 g/mol. The van der Waals surface area contributed by atoms with Crippen LogP contribution in [0.2, 0.25) is 0 Å². The summed E-state index contributed by atoms with van der Waals surface area (Å²) in [5.41, 5.74) is 2.60. The van der Waals surface area contributed by atoms with Gasteiger partial charge in [-0.1, -0.05) is 28.1 Å². The highest BCUT2D eigenvalue weighted by molar-refractivity contribution is 9.10. The van der Waals surface area contributed by atoms with Crippen molar-refractivity contribution in [2.24, 2.45) is 0 Å². The third-order valence-electron chi connectivity index (χ3n) is 3.28. The Morgan fingerprint density at radius 2 is 2.16 bits per heavy atom. The molecule has 0 aliphatic heterocycles. The molecule has 2 rings (SSSR count). The number of benzene rings is 1. The van der Waals surface area contributed by atoms with Crippen molar-refractivity contribution in [2.45, 2.75) is 39.3 Å². The Morgan fingerprint density at radius 1 is 1.32 bits per heavy atom. The minimum Gasteiger partial charge on any atom is -0.469 e. The highest BCUT2D eigenvalue weighted by atomic mass is 79.9. The Balaban J connectivity index is 1.76. The van der Waals surface area contributed by atoms with Crippen LogP contribution < -0.4 is 5.32 Å². The van der Waals surface area contributed by atoms with Crippen LogP contribution in [-0.4, -0.2) is 6.04 Å². The molecule has 102 valence electrons. The van der Waals surface area contributed by atoms with Crippen LogP contribution in [0.1, 0.15) is 30.2 Å². The molecule has 0 amide bonds. The Kier molecular flexibility index (Phi) is 5.23. The zero-order valence-electron chi connectivity index (χ0n) is 11.4. The molecule has 1 aromatic carbocycles. The third kappa shape index (κ3) is 4.51. The van der Waals surface area contributed by atoms with Crippen LogP contribution in [0.3, 0.4) is 0 Å². The first-order valence-corrected chi connectivity index (χ1v) is 7.45. The highest BCUT2D eigenvalue weighted by Gasteiger charge is 2.04. The largest absolute Gasteiger partial charge is 0.469 e. The van der Waals surface area contributed by atoms with Gasteiger partial charge in [-0.2, -0.15) is 0 Å². The fraction of sp³-hybridized carbons (Fsp3) is 0.375. The summed E-state index contributed by atoms with van der Waals surface area (Å²) >= 11 is 3.53. The molecule has 0 saturated carbocycles. The van der Waals surface area contributed by atoms with E-state index in [9.17, 15) is 0 Å². The summed E-state index contributed by atoms with van der Waals surface area (Å²) in [6.45, 7) is 5.25. The molecule has 0 radical (unpaired) electrons. The van der Waals surface area contributed by atoms with Crippen molar-refractivity contribution in [3.05, 3.63) is 58.0 Å². The molecule has 0 fully saturated rings. The zero-order chi connectivity index (χ0) is 13.7. The number of hydrogen-bond donors (Lipinski definition) is 1. The van der Waals surface area contributed by atoms with Gasteiger partial charge in [-0.15, -0.1) is 0 Å². The lowest BCUT2D eigenvalue weighted by atomic mass is 10.1. The molecule has 0 bridgehead atoms. The van der Waals surface area contributed by atoms with E-state index in [2.05, 4.69) is 53.3 Å². The van der Waals surface area contributed by atoms with Crippen molar-refractivity contribution in [3.63, 3.8) is 0 Å². The zero-order valence-corrected chi connectivity index (χ0v) is 13.0. The van der Waals surface area contributed by atoms with Gasteiger partial charge >= 0.3 is 0 Å². The Morgan fingerprint density at radius 3 is 2.84 bits per heavy atom. The van der Waals surface area contributed by atoms with E-state index in [1.165, 1.54) is 15.6 Å². The number of nitrogens with one attached hydrogen (secondary N) is 1. The van der Waals surface area contributed by atoms with E-state index in [-0.39, 0.29) is 0 Å². The standard InChI is InChI=1S/C16H20BrNO/c1-12-10-14(6-8-16(12)17)11-18-13(2)5-7-15-4-3-9-19-15/h3-4,6,8-10,13,18H,5,7,11H2,1-2H3. The molecule has 19 heavy (non-hydrogen) atoms. The maximum Gasteiger partial charge on any atom is 0.103 e. The molecule has 0 saturated heterocycles. The monoisotopic (exact) mass is 321 g/mol. The molecular formula is C16H20BrNO. The molecule has 2 aromatic rings. The highest BCUT2D eigenvalue weighted by Crippen LogP contribution is 2.17. The summed E-state index contributed by atoms with van der Waals surface area (Å²) in [7, 11) is 0. The molecule has 1 aromatic heterocycles. The lowest BCUT2D eigenvalue weighted by Crippen LogP contribution is -2.25. The third-order valence-corrected chi connectivity index (χ3v) is 4.17. The number of furan rings is 1. The summed E-state index contributed by atoms with van der Waals surface area (Å²) in [6.07, 6.45) is 3.81. The molecule has 1 N–H and O–H groups in total. The van der Waals surface area contributed by atoms with Crippen molar-refractivity contribution in [1.82, 2.24) is 5.32 Å². The number of rotatable bonds is 6. The Bertz CT molecular complexity index is 507. The van der Waals surface area contributed by atoms with Gasteiger partial charge in [0, 0.05) is 23.5 Å². The van der Waals surface area contributed by atoms with Crippen LogP contribution in [0.15, 0.2) is 45.5 Å². The second-order valence-corrected chi connectivity index (χ2v) is 5.84. The minimum absolute atomic E-state index is 0.481. The van der Waals surface area contributed by atoms with Crippen LogP contribution in [-0.2, 0) is 13.0 Å². The molecule has 0 spiro atoms. The van der Waals surface area contributed by atoms with Gasteiger partial charge in [-0.05, 0) is 49.6 Å². The van der Waals surface area contributed by atoms with Gasteiger partial charge in [0.1, 0.15) is 5.76 Å².